The second-order valence-corrected chi connectivity index (χ2v) is 8.12. The van der Waals surface area contributed by atoms with Gasteiger partial charge < -0.3 is 10.1 Å². The number of carbonyl (C=O) groups excluding carboxylic acids is 1. The molecule has 3 rings (SSSR count). The second kappa shape index (κ2) is 8.20. The van der Waals surface area contributed by atoms with Crippen molar-refractivity contribution in [1.29, 1.82) is 0 Å². The van der Waals surface area contributed by atoms with Crippen LogP contribution in [0.1, 0.15) is 15.9 Å². The third-order valence-electron chi connectivity index (χ3n) is 4.00. The van der Waals surface area contributed by atoms with Gasteiger partial charge in [-0.3, -0.25) is 4.79 Å². The zero-order valence-electron chi connectivity index (χ0n) is 15.1. The minimum Gasteiger partial charge on any atom is -0.455 e. The van der Waals surface area contributed by atoms with Crippen molar-refractivity contribution in [2.45, 2.75) is 11.8 Å². The highest BCUT2D eigenvalue weighted by atomic mass is 35.5. The quantitative estimate of drug-likeness (QED) is 0.618. The van der Waals surface area contributed by atoms with Gasteiger partial charge >= 0.3 is 0 Å². The van der Waals surface area contributed by atoms with E-state index in [2.05, 4.69) is 5.32 Å². The van der Waals surface area contributed by atoms with Crippen LogP contribution in [0, 0.1) is 12.7 Å². The third kappa shape index (κ3) is 4.92. The molecule has 3 aromatic carbocycles. The van der Waals surface area contributed by atoms with E-state index in [1.165, 1.54) is 36.4 Å². The molecule has 0 bridgehead atoms. The predicted molar refractivity (Wildman–Crippen MR) is 108 cm³/mol. The van der Waals surface area contributed by atoms with Crippen molar-refractivity contribution < 1.29 is 22.3 Å². The second-order valence-electron chi connectivity index (χ2n) is 6.15. The number of benzene rings is 3. The Morgan fingerprint density at radius 2 is 1.79 bits per heavy atom. The molecule has 3 aromatic rings. The van der Waals surface area contributed by atoms with E-state index in [0.29, 0.717) is 5.56 Å². The number of aryl methyl sites for hydroxylation is 1. The molecular formula is C20H16ClFN2O4S. The average Bonchev–Trinajstić information content (AvgIpc) is 2.63. The van der Waals surface area contributed by atoms with Crippen LogP contribution in [0.3, 0.4) is 0 Å². The van der Waals surface area contributed by atoms with Gasteiger partial charge in [0.15, 0.2) is 0 Å². The number of hydrogen-bond donors (Lipinski definition) is 2. The SMILES string of the molecule is Cc1cccc(Oc2ccc(F)cc2Cl)c1C(=O)Nc1cccc(S(N)(=O)=O)c1. The van der Waals surface area contributed by atoms with Crippen LogP contribution >= 0.6 is 11.6 Å². The summed E-state index contributed by atoms with van der Waals surface area (Å²) in [5.74, 6) is -0.648. The van der Waals surface area contributed by atoms with Crippen LogP contribution in [0.2, 0.25) is 5.02 Å². The summed E-state index contributed by atoms with van der Waals surface area (Å²) in [5, 5.41) is 7.81. The number of ether oxygens (including phenoxy) is 1. The van der Waals surface area contributed by atoms with E-state index in [9.17, 15) is 17.6 Å². The number of hydrogen-bond acceptors (Lipinski definition) is 4. The highest BCUT2D eigenvalue weighted by Crippen LogP contribution is 2.33. The Hall–Kier alpha value is -2.94. The lowest BCUT2D eigenvalue weighted by Crippen LogP contribution is -2.16. The predicted octanol–water partition coefficient (Wildman–Crippen LogP) is 4.48. The molecule has 0 aliphatic rings. The molecular weight excluding hydrogens is 419 g/mol. The first-order valence-electron chi connectivity index (χ1n) is 8.32. The van der Waals surface area contributed by atoms with E-state index in [1.807, 2.05) is 0 Å². The monoisotopic (exact) mass is 434 g/mol. The lowest BCUT2D eigenvalue weighted by Gasteiger charge is -2.15. The topological polar surface area (TPSA) is 98.5 Å². The minimum atomic E-state index is -3.91. The third-order valence-corrected chi connectivity index (χ3v) is 5.20. The van der Waals surface area contributed by atoms with Crippen molar-refractivity contribution in [3.8, 4) is 11.5 Å². The van der Waals surface area contributed by atoms with Crippen molar-refractivity contribution in [2.75, 3.05) is 5.32 Å². The first kappa shape index (κ1) is 20.8. The summed E-state index contributed by atoms with van der Waals surface area (Å²) in [7, 11) is -3.91. The Morgan fingerprint density at radius 1 is 1.07 bits per heavy atom. The molecule has 0 aliphatic heterocycles. The summed E-state index contributed by atoms with van der Waals surface area (Å²) in [4.78, 5) is 12.8. The standard InChI is InChI=1S/C20H16ClFN2O4S/c1-12-4-2-7-18(28-17-9-8-13(22)10-16(17)21)19(12)20(25)24-14-5-3-6-15(11-14)29(23,26)27/h2-11H,1H3,(H,24,25)(H2,23,26,27). The summed E-state index contributed by atoms with van der Waals surface area (Å²) in [6.07, 6.45) is 0. The van der Waals surface area contributed by atoms with Crippen LogP contribution in [-0.4, -0.2) is 14.3 Å². The number of primary sulfonamides is 1. The molecule has 29 heavy (non-hydrogen) atoms. The summed E-state index contributed by atoms with van der Waals surface area (Å²) >= 11 is 6.01. The number of amides is 1. The molecule has 0 fully saturated rings. The van der Waals surface area contributed by atoms with E-state index in [1.54, 1.807) is 25.1 Å². The maximum Gasteiger partial charge on any atom is 0.259 e. The van der Waals surface area contributed by atoms with Crippen LogP contribution in [0.25, 0.3) is 0 Å². The van der Waals surface area contributed by atoms with Crippen molar-refractivity contribution in [1.82, 2.24) is 0 Å². The van der Waals surface area contributed by atoms with E-state index in [0.717, 1.165) is 6.07 Å². The van der Waals surface area contributed by atoms with Gasteiger partial charge in [0, 0.05) is 5.69 Å². The number of rotatable bonds is 5. The Balaban J connectivity index is 1.93. The van der Waals surface area contributed by atoms with Crippen LogP contribution in [0.4, 0.5) is 10.1 Å². The zero-order chi connectivity index (χ0) is 21.2. The number of sulfonamides is 1. The maximum absolute atomic E-state index is 13.3. The van der Waals surface area contributed by atoms with Crippen molar-refractivity contribution in [3.63, 3.8) is 0 Å². The normalized spacial score (nSPS) is 11.2. The maximum atomic E-state index is 13.3. The van der Waals surface area contributed by atoms with E-state index >= 15 is 0 Å². The molecule has 0 atom stereocenters. The molecule has 0 saturated carbocycles. The number of nitrogens with one attached hydrogen (secondary N) is 1. The fourth-order valence-corrected chi connectivity index (χ4v) is 3.40. The van der Waals surface area contributed by atoms with Crippen molar-refractivity contribution >= 4 is 33.2 Å². The number of anilines is 1. The molecule has 150 valence electrons. The summed E-state index contributed by atoms with van der Waals surface area (Å²) < 4.78 is 42.0. The first-order valence-corrected chi connectivity index (χ1v) is 10.2. The smallest absolute Gasteiger partial charge is 0.259 e. The van der Waals surface area contributed by atoms with Gasteiger partial charge in [-0.05, 0) is 55.0 Å². The van der Waals surface area contributed by atoms with Gasteiger partial charge in [-0.25, -0.2) is 17.9 Å². The zero-order valence-corrected chi connectivity index (χ0v) is 16.7. The summed E-state index contributed by atoms with van der Waals surface area (Å²) in [6.45, 7) is 1.72. The molecule has 0 unspecified atom stereocenters. The molecule has 0 heterocycles. The highest BCUT2D eigenvalue weighted by molar-refractivity contribution is 7.89. The van der Waals surface area contributed by atoms with E-state index < -0.39 is 21.7 Å². The highest BCUT2D eigenvalue weighted by Gasteiger charge is 2.18. The lowest BCUT2D eigenvalue weighted by molar-refractivity contribution is 0.102. The molecule has 0 radical (unpaired) electrons. The minimum absolute atomic E-state index is 0.0544. The fourth-order valence-electron chi connectivity index (χ4n) is 2.64. The van der Waals surface area contributed by atoms with Gasteiger partial charge in [0.05, 0.1) is 15.5 Å². The number of carbonyl (C=O) groups is 1. The van der Waals surface area contributed by atoms with Crippen LogP contribution < -0.4 is 15.2 Å². The molecule has 0 saturated heterocycles. The van der Waals surface area contributed by atoms with Crippen LogP contribution in [0.15, 0.2) is 65.6 Å². The van der Waals surface area contributed by atoms with Gasteiger partial charge in [-0.1, -0.05) is 29.8 Å². The molecule has 0 aromatic heterocycles. The first-order chi connectivity index (χ1) is 13.6. The van der Waals surface area contributed by atoms with Gasteiger partial charge in [0.2, 0.25) is 10.0 Å². The van der Waals surface area contributed by atoms with Gasteiger partial charge in [-0.2, -0.15) is 0 Å². The largest absolute Gasteiger partial charge is 0.455 e. The Kier molecular flexibility index (Phi) is 5.88. The number of nitrogens with two attached hydrogens (primary N) is 1. The average molecular weight is 435 g/mol. The van der Waals surface area contributed by atoms with E-state index in [-0.39, 0.29) is 32.7 Å². The molecule has 0 spiro atoms. The van der Waals surface area contributed by atoms with Crippen molar-refractivity contribution in [3.05, 3.63) is 82.6 Å². The molecule has 6 nitrogen and oxygen atoms in total. The van der Waals surface area contributed by atoms with E-state index in [4.69, 9.17) is 21.5 Å². The Labute approximate surface area is 172 Å². The summed E-state index contributed by atoms with van der Waals surface area (Å²) in [6, 6.07) is 14.2. The van der Waals surface area contributed by atoms with Crippen LogP contribution in [0.5, 0.6) is 11.5 Å². The van der Waals surface area contributed by atoms with Gasteiger partial charge in [-0.15, -0.1) is 0 Å². The molecule has 0 aliphatic carbocycles. The number of halogens is 2. The lowest BCUT2D eigenvalue weighted by atomic mass is 10.1. The van der Waals surface area contributed by atoms with Crippen LogP contribution in [-0.2, 0) is 10.0 Å². The fraction of sp³-hybridized carbons (Fsp3) is 0.0500. The Bertz CT molecular complexity index is 1200. The molecule has 1 amide bonds. The Morgan fingerprint density at radius 3 is 2.48 bits per heavy atom. The van der Waals surface area contributed by atoms with Gasteiger partial charge in [0.25, 0.3) is 5.91 Å². The molecule has 3 N–H and O–H groups in total. The van der Waals surface area contributed by atoms with Gasteiger partial charge in [0.1, 0.15) is 17.3 Å². The summed E-state index contributed by atoms with van der Waals surface area (Å²) in [5.41, 5.74) is 1.07. The molecule has 9 heteroatoms. The van der Waals surface area contributed by atoms with Crippen molar-refractivity contribution in [2.24, 2.45) is 5.14 Å².